The average Bonchev–Trinajstić information content (AvgIpc) is 3.02. The lowest BCUT2D eigenvalue weighted by molar-refractivity contribution is 1.26. The van der Waals surface area contributed by atoms with Gasteiger partial charge in [-0.05, 0) is 109 Å². The Hall–Kier alpha value is -5.48. The molecule has 0 saturated carbocycles. The molecule has 40 heavy (non-hydrogen) atoms. The van der Waals surface area contributed by atoms with E-state index >= 15 is 0 Å². The molecule has 3 N–H and O–H groups in total. The van der Waals surface area contributed by atoms with E-state index in [1.54, 1.807) is 0 Å². The fourth-order valence-corrected chi connectivity index (χ4v) is 4.80. The highest BCUT2D eigenvalue weighted by atomic mass is 15.2. The molecular formula is C36H30N4. The van der Waals surface area contributed by atoms with Crippen LogP contribution in [0.5, 0.6) is 0 Å². The van der Waals surface area contributed by atoms with E-state index in [9.17, 15) is 0 Å². The zero-order valence-electron chi connectivity index (χ0n) is 22.1. The molecule has 0 heterocycles. The van der Waals surface area contributed by atoms with E-state index < -0.39 is 0 Å². The number of rotatable bonds is 8. The number of hydrogen-bond acceptors (Lipinski definition) is 4. The van der Waals surface area contributed by atoms with Crippen LogP contribution in [0.1, 0.15) is 0 Å². The van der Waals surface area contributed by atoms with E-state index in [4.69, 9.17) is 5.73 Å². The van der Waals surface area contributed by atoms with Gasteiger partial charge in [0.25, 0.3) is 0 Å². The third-order valence-electron chi connectivity index (χ3n) is 6.73. The topological polar surface area (TPSA) is 44.5 Å². The number of anilines is 9. The average molecular weight is 519 g/mol. The Morgan fingerprint density at radius 2 is 0.600 bits per heavy atom. The van der Waals surface area contributed by atoms with E-state index in [-0.39, 0.29) is 0 Å². The van der Waals surface area contributed by atoms with Crippen LogP contribution < -0.4 is 20.9 Å². The molecule has 6 aromatic rings. The van der Waals surface area contributed by atoms with E-state index in [0.717, 1.165) is 51.2 Å². The van der Waals surface area contributed by atoms with Gasteiger partial charge >= 0.3 is 0 Å². The molecule has 0 aliphatic heterocycles. The maximum Gasteiger partial charge on any atom is 0.0463 e. The number of nitrogens with two attached hydrogens (primary N) is 1. The summed E-state index contributed by atoms with van der Waals surface area (Å²) in [5.74, 6) is 0. The Bertz CT molecular complexity index is 1590. The summed E-state index contributed by atoms with van der Waals surface area (Å²) in [7, 11) is 0. The fraction of sp³-hybridized carbons (Fsp3) is 0. The highest BCUT2D eigenvalue weighted by Gasteiger charge is 2.15. The zero-order chi connectivity index (χ0) is 27.1. The molecule has 0 atom stereocenters. The molecule has 0 spiro atoms. The second kappa shape index (κ2) is 11.5. The Kier molecular flexibility index (Phi) is 7.14. The van der Waals surface area contributed by atoms with Gasteiger partial charge in [0.1, 0.15) is 0 Å². The van der Waals surface area contributed by atoms with Crippen molar-refractivity contribution in [3.63, 3.8) is 0 Å². The minimum absolute atomic E-state index is 0.751. The lowest BCUT2D eigenvalue weighted by atomic mass is 10.1. The van der Waals surface area contributed by atoms with E-state index in [2.05, 4.69) is 136 Å². The molecule has 0 aliphatic rings. The Labute approximate surface area is 235 Å². The summed E-state index contributed by atoms with van der Waals surface area (Å²) in [6, 6.07) is 56.3. The Morgan fingerprint density at radius 3 is 0.950 bits per heavy atom. The number of nitrogens with zero attached hydrogens (tertiary/aromatic N) is 2. The van der Waals surface area contributed by atoms with Crippen molar-refractivity contribution in [2.75, 3.05) is 20.9 Å². The van der Waals surface area contributed by atoms with Crippen LogP contribution in [0.2, 0.25) is 0 Å². The summed E-state index contributed by atoms with van der Waals surface area (Å²) in [5, 5.41) is 3.45. The van der Waals surface area contributed by atoms with Crippen molar-refractivity contribution in [2.45, 2.75) is 0 Å². The van der Waals surface area contributed by atoms with Crippen molar-refractivity contribution in [3.8, 4) is 0 Å². The molecule has 6 rings (SSSR count). The maximum absolute atomic E-state index is 5.83. The minimum Gasteiger partial charge on any atom is -0.399 e. The van der Waals surface area contributed by atoms with Gasteiger partial charge < -0.3 is 20.9 Å². The Balaban J connectivity index is 1.33. The standard InChI is InChI=1S/C36H30N4/c37-28-16-18-29(19-17-28)38-30-20-22-34(23-21-30)40(33-14-8-3-9-15-33)36-26-24-35(25-27-36)39(31-10-4-1-5-11-31)32-12-6-2-7-13-32/h1-27,38H,37H2. The predicted molar refractivity (Wildman–Crippen MR) is 170 cm³/mol. The molecule has 0 amide bonds. The number of benzene rings is 6. The molecule has 0 radical (unpaired) electrons. The molecular weight excluding hydrogens is 488 g/mol. The van der Waals surface area contributed by atoms with Gasteiger partial charge in [0, 0.05) is 51.2 Å². The Morgan fingerprint density at radius 1 is 0.325 bits per heavy atom. The summed E-state index contributed by atoms with van der Waals surface area (Å²) in [6.07, 6.45) is 0. The highest BCUT2D eigenvalue weighted by Crippen LogP contribution is 2.39. The first-order valence-electron chi connectivity index (χ1n) is 13.3. The van der Waals surface area contributed by atoms with Gasteiger partial charge in [0.15, 0.2) is 0 Å². The van der Waals surface area contributed by atoms with Crippen LogP contribution in [0.25, 0.3) is 0 Å². The summed E-state index contributed by atoms with van der Waals surface area (Å²) < 4.78 is 0. The van der Waals surface area contributed by atoms with Crippen LogP contribution >= 0.6 is 0 Å². The second-order valence-electron chi connectivity index (χ2n) is 9.49. The minimum atomic E-state index is 0.751. The van der Waals surface area contributed by atoms with Gasteiger partial charge in [0.05, 0.1) is 0 Å². The summed E-state index contributed by atoms with van der Waals surface area (Å²) in [5.41, 5.74) is 15.2. The van der Waals surface area contributed by atoms with Gasteiger partial charge in [-0.2, -0.15) is 0 Å². The maximum atomic E-state index is 5.83. The first-order valence-corrected chi connectivity index (χ1v) is 13.3. The van der Waals surface area contributed by atoms with Gasteiger partial charge in [-0.3, -0.25) is 0 Å². The van der Waals surface area contributed by atoms with Crippen LogP contribution in [0, 0.1) is 0 Å². The predicted octanol–water partition coefficient (Wildman–Crippen LogP) is 9.95. The van der Waals surface area contributed by atoms with Crippen molar-refractivity contribution in [1.29, 1.82) is 0 Å². The van der Waals surface area contributed by atoms with Crippen LogP contribution in [0.3, 0.4) is 0 Å². The van der Waals surface area contributed by atoms with Crippen LogP contribution in [-0.4, -0.2) is 0 Å². The molecule has 4 heteroatoms. The molecule has 0 fully saturated rings. The van der Waals surface area contributed by atoms with Crippen molar-refractivity contribution in [1.82, 2.24) is 0 Å². The number of hydrogen-bond donors (Lipinski definition) is 2. The molecule has 0 bridgehead atoms. The SMILES string of the molecule is Nc1ccc(Nc2ccc(N(c3ccccc3)c3ccc(N(c4ccccc4)c4ccccc4)cc3)cc2)cc1. The smallest absolute Gasteiger partial charge is 0.0463 e. The highest BCUT2D eigenvalue weighted by molar-refractivity contribution is 5.81. The van der Waals surface area contributed by atoms with Crippen LogP contribution in [-0.2, 0) is 0 Å². The third-order valence-corrected chi connectivity index (χ3v) is 6.73. The van der Waals surface area contributed by atoms with Gasteiger partial charge in [-0.15, -0.1) is 0 Å². The normalized spacial score (nSPS) is 10.6. The first kappa shape index (κ1) is 24.8. The monoisotopic (exact) mass is 518 g/mol. The number of nitrogens with one attached hydrogen (secondary N) is 1. The van der Waals surface area contributed by atoms with E-state index in [1.165, 1.54) is 0 Å². The van der Waals surface area contributed by atoms with Crippen molar-refractivity contribution in [2.24, 2.45) is 0 Å². The van der Waals surface area contributed by atoms with E-state index in [0.29, 0.717) is 0 Å². The van der Waals surface area contributed by atoms with Crippen LogP contribution in [0.15, 0.2) is 164 Å². The number of para-hydroxylation sites is 3. The number of nitrogen functional groups attached to an aromatic ring is 1. The zero-order valence-corrected chi connectivity index (χ0v) is 22.1. The molecule has 4 nitrogen and oxygen atoms in total. The first-order chi connectivity index (χ1) is 19.7. The summed E-state index contributed by atoms with van der Waals surface area (Å²) in [4.78, 5) is 4.54. The summed E-state index contributed by atoms with van der Waals surface area (Å²) >= 11 is 0. The lowest BCUT2D eigenvalue weighted by Gasteiger charge is -2.28. The molecule has 0 unspecified atom stereocenters. The van der Waals surface area contributed by atoms with Crippen molar-refractivity contribution >= 4 is 51.2 Å². The largest absolute Gasteiger partial charge is 0.399 e. The van der Waals surface area contributed by atoms with Crippen LogP contribution in [0.4, 0.5) is 51.2 Å². The van der Waals surface area contributed by atoms with Gasteiger partial charge in [-0.1, -0.05) is 54.6 Å². The quantitative estimate of drug-likeness (QED) is 0.197. The third kappa shape index (κ3) is 5.52. The van der Waals surface area contributed by atoms with Gasteiger partial charge in [-0.25, -0.2) is 0 Å². The fourth-order valence-electron chi connectivity index (χ4n) is 4.80. The molecule has 0 aliphatic carbocycles. The summed E-state index contributed by atoms with van der Waals surface area (Å²) in [6.45, 7) is 0. The second-order valence-corrected chi connectivity index (χ2v) is 9.49. The van der Waals surface area contributed by atoms with Crippen molar-refractivity contribution < 1.29 is 0 Å². The van der Waals surface area contributed by atoms with Gasteiger partial charge in [0.2, 0.25) is 0 Å². The molecule has 0 aromatic heterocycles. The molecule has 194 valence electrons. The van der Waals surface area contributed by atoms with Crippen molar-refractivity contribution in [3.05, 3.63) is 164 Å². The van der Waals surface area contributed by atoms with E-state index in [1.807, 2.05) is 42.5 Å². The lowest BCUT2D eigenvalue weighted by Crippen LogP contribution is -2.12. The molecule has 6 aromatic carbocycles. The molecule has 0 saturated heterocycles.